The molecule has 0 aliphatic carbocycles. The summed E-state index contributed by atoms with van der Waals surface area (Å²) in [7, 11) is 2.73. The van der Waals surface area contributed by atoms with Crippen molar-refractivity contribution in [2.24, 2.45) is 4.99 Å². The molecule has 2 aromatic carbocycles. The van der Waals surface area contributed by atoms with Crippen LogP contribution in [0.1, 0.15) is 31.0 Å². The fourth-order valence-electron chi connectivity index (χ4n) is 3.80. The van der Waals surface area contributed by atoms with Gasteiger partial charge in [-0.3, -0.25) is 14.2 Å². The minimum atomic E-state index is -0.804. The second kappa shape index (κ2) is 9.48. The average Bonchev–Trinajstić information content (AvgIpc) is 3.12. The van der Waals surface area contributed by atoms with Crippen molar-refractivity contribution in [3.05, 3.63) is 90.6 Å². The van der Waals surface area contributed by atoms with E-state index < -0.39 is 18.0 Å². The predicted molar refractivity (Wildman–Crippen MR) is 127 cm³/mol. The lowest BCUT2D eigenvalue weighted by Gasteiger charge is -2.25. The molecule has 0 amide bonds. The zero-order valence-electron chi connectivity index (χ0n) is 19.0. The van der Waals surface area contributed by atoms with Crippen LogP contribution < -0.4 is 24.4 Å². The maximum Gasteiger partial charge on any atom is 0.338 e. The first-order valence-corrected chi connectivity index (χ1v) is 11.2. The summed E-state index contributed by atoms with van der Waals surface area (Å²) in [5, 5.41) is 0. The lowest BCUT2D eigenvalue weighted by molar-refractivity contribution is -0.136. The molecular weight excluding hydrogens is 456 g/mol. The summed E-state index contributed by atoms with van der Waals surface area (Å²) in [5.74, 6) is -0.564. The smallest absolute Gasteiger partial charge is 0.338 e. The van der Waals surface area contributed by atoms with Gasteiger partial charge in [0.15, 0.2) is 16.3 Å². The highest BCUT2D eigenvalue weighted by molar-refractivity contribution is 7.07. The molecule has 3 aromatic rings. The van der Waals surface area contributed by atoms with E-state index in [2.05, 4.69) is 4.99 Å². The number of carbonyl (C=O) groups excluding carboxylic acids is 2. The van der Waals surface area contributed by atoms with Crippen molar-refractivity contribution in [2.45, 2.75) is 19.9 Å². The zero-order valence-corrected chi connectivity index (χ0v) is 19.8. The number of methoxy groups -OCH3 is 2. The number of hydrogen-bond donors (Lipinski definition) is 0. The van der Waals surface area contributed by atoms with Gasteiger partial charge in [-0.15, -0.1) is 0 Å². The summed E-state index contributed by atoms with van der Waals surface area (Å²) in [6, 6.07) is 13.6. The molecule has 1 aliphatic heterocycles. The van der Waals surface area contributed by atoms with Gasteiger partial charge in [0.1, 0.15) is 0 Å². The summed E-state index contributed by atoms with van der Waals surface area (Å²) < 4.78 is 17.6. The standard InChI is InChI=1S/C25H22N2O6S/c1-14-21(24(30)32-4)22(17-10-11-18(33-15(2)28)19(13-17)31-3)27-23(29)20(34-25(27)26-14)12-16-8-6-5-7-9-16/h5-13,22H,1-4H3/b20-12-/t22-/m0/s1. The fourth-order valence-corrected chi connectivity index (χ4v) is 4.85. The van der Waals surface area contributed by atoms with E-state index in [-0.39, 0.29) is 22.6 Å². The quantitative estimate of drug-likeness (QED) is 0.413. The third-order valence-corrected chi connectivity index (χ3v) is 6.26. The monoisotopic (exact) mass is 478 g/mol. The molecule has 1 atom stereocenters. The molecule has 0 fully saturated rings. The molecule has 174 valence electrons. The van der Waals surface area contributed by atoms with Crippen molar-refractivity contribution in [3.8, 4) is 11.5 Å². The number of benzene rings is 2. The molecule has 34 heavy (non-hydrogen) atoms. The van der Waals surface area contributed by atoms with Crippen LogP contribution in [0.5, 0.6) is 11.5 Å². The number of hydrogen-bond acceptors (Lipinski definition) is 8. The Morgan fingerprint density at radius 3 is 2.47 bits per heavy atom. The van der Waals surface area contributed by atoms with Gasteiger partial charge < -0.3 is 14.2 Å². The Morgan fingerprint density at radius 1 is 1.09 bits per heavy atom. The molecule has 1 aromatic heterocycles. The Morgan fingerprint density at radius 2 is 1.82 bits per heavy atom. The van der Waals surface area contributed by atoms with E-state index in [9.17, 15) is 14.4 Å². The summed E-state index contributed by atoms with van der Waals surface area (Å²) in [5.41, 5.74) is 1.86. The first kappa shape index (κ1) is 23.2. The van der Waals surface area contributed by atoms with Gasteiger partial charge in [0.05, 0.1) is 36.1 Å². The summed E-state index contributed by atoms with van der Waals surface area (Å²) in [4.78, 5) is 42.8. The second-order valence-corrected chi connectivity index (χ2v) is 8.50. The van der Waals surface area contributed by atoms with E-state index in [4.69, 9.17) is 14.2 Å². The minimum absolute atomic E-state index is 0.232. The molecule has 8 nitrogen and oxygen atoms in total. The predicted octanol–water partition coefficient (Wildman–Crippen LogP) is 2.34. The van der Waals surface area contributed by atoms with Crippen molar-refractivity contribution in [3.63, 3.8) is 0 Å². The van der Waals surface area contributed by atoms with Gasteiger partial charge >= 0.3 is 11.9 Å². The minimum Gasteiger partial charge on any atom is -0.493 e. The number of ether oxygens (including phenoxy) is 3. The topological polar surface area (TPSA) is 96.2 Å². The molecular formula is C25H22N2O6S. The van der Waals surface area contributed by atoms with Crippen molar-refractivity contribution in [1.29, 1.82) is 0 Å². The molecule has 1 aliphatic rings. The number of rotatable bonds is 5. The molecule has 2 heterocycles. The van der Waals surface area contributed by atoms with Crippen LogP contribution in [0.15, 0.2) is 69.6 Å². The van der Waals surface area contributed by atoms with Crippen LogP contribution in [0.25, 0.3) is 6.08 Å². The van der Waals surface area contributed by atoms with Gasteiger partial charge in [-0.25, -0.2) is 9.79 Å². The van der Waals surface area contributed by atoms with Gasteiger partial charge in [-0.1, -0.05) is 47.7 Å². The molecule has 0 spiro atoms. The van der Waals surface area contributed by atoms with Crippen molar-refractivity contribution in [2.75, 3.05) is 14.2 Å². The Labute approximate surface area is 199 Å². The molecule has 4 rings (SSSR count). The van der Waals surface area contributed by atoms with Crippen molar-refractivity contribution >= 4 is 29.4 Å². The average molecular weight is 479 g/mol. The number of aromatic nitrogens is 1. The molecule has 0 unspecified atom stereocenters. The number of carbonyl (C=O) groups is 2. The van der Waals surface area contributed by atoms with Gasteiger partial charge in [0, 0.05) is 6.92 Å². The Balaban J connectivity index is 1.96. The highest BCUT2D eigenvalue weighted by atomic mass is 32.1. The number of nitrogens with zero attached hydrogens (tertiary/aromatic N) is 2. The molecule has 0 saturated heterocycles. The number of thiazole rings is 1. The van der Waals surface area contributed by atoms with Gasteiger partial charge in [-0.05, 0) is 36.3 Å². The molecule has 0 bridgehead atoms. The fraction of sp³-hybridized carbons (Fsp3) is 0.200. The summed E-state index contributed by atoms with van der Waals surface area (Å²) in [6.45, 7) is 3.00. The first-order valence-electron chi connectivity index (χ1n) is 10.4. The maximum atomic E-state index is 13.5. The third-order valence-electron chi connectivity index (χ3n) is 5.28. The highest BCUT2D eigenvalue weighted by Crippen LogP contribution is 2.36. The van der Waals surface area contributed by atoms with E-state index >= 15 is 0 Å². The van der Waals surface area contributed by atoms with Crippen molar-refractivity contribution < 1.29 is 23.8 Å². The number of fused-ring (bicyclic) bond motifs is 1. The largest absolute Gasteiger partial charge is 0.493 e. The van der Waals surface area contributed by atoms with Crippen molar-refractivity contribution in [1.82, 2.24) is 4.57 Å². The lowest BCUT2D eigenvalue weighted by atomic mass is 9.95. The van der Waals surface area contributed by atoms with E-state index in [0.29, 0.717) is 20.6 Å². The van der Waals surface area contributed by atoms with Crippen LogP contribution in [-0.2, 0) is 14.3 Å². The van der Waals surface area contributed by atoms with Crippen LogP contribution in [-0.4, -0.2) is 30.7 Å². The van der Waals surface area contributed by atoms with E-state index in [1.165, 1.54) is 37.0 Å². The first-order chi connectivity index (χ1) is 16.3. The molecule has 9 heteroatoms. The Kier molecular flexibility index (Phi) is 6.47. The highest BCUT2D eigenvalue weighted by Gasteiger charge is 2.33. The van der Waals surface area contributed by atoms with Gasteiger partial charge in [0.2, 0.25) is 0 Å². The normalized spacial score (nSPS) is 15.4. The van der Waals surface area contributed by atoms with E-state index in [1.807, 2.05) is 30.3 Å². The zero-order chi connectivity index (χ0) is 24.4. The lowest BCUT2D eigenvalue weighted by Crippen LogP contribution is -2.39. The maximum absolute atomic E-state index is 13.5. The second-order valence-electron chi connectivity index (χ2n) is 7.49. The van der Waals surface area contributed by atoms with E-state index in [0.717, 1.165) is 5.56 Å². The van der Waals surface area contributed by atoms with Crippen LogP contribution in [0.3, 0.4) is 0 Å². The summed E-state index contributed by atoms with van der Waals surface area (Å²) >= 11 is 1.24. The molecule has 0 N–H and O–H groups in total. The molecule has 0 radical (unpaired) electrons. The van der Waals surface area contributed by atoms with E-state index in [1.54, 1.807) is 31.2 Å². The van der Waals surface area contributed by atoms with Crippen LogP contribution in [0.4, 0.5) is 0 Å². The Hall–Kier alpha value is -3.98. The SMILES string of the molecule is COC(=O)C1=C(C)N=c2s/c(=C\c3ccccc3)c(=O)n2[C@H]1c1ccc(OC(C)=O)c(OC)c1. The Bertz CT molecular complexity index is 1480. The third kappa shape index (κ3) is 4.29. The van der Waals surface area contributed by atoms with Crippen LogP contribution >= 0.6 is 11.3 Å². The number of allylic oxidation sites excluding steroid dienone is 1. The van der Waals surface area contributed by atoms with Crippen LogP contribution in [0, 0.1) is 0 Å². The van der Waals surface area contributed by atoms with Gasteiger partial charge in [-0.2, -0.15) is 0 Å². The van der Waals surface area contributed by atoms with Gasteiger partial charge in [0.25, 0.3) is 5.56 Å². The summed E-state index contributed by atoms with van der Waals surface area (Å²) in [6.07, 6.45) is 1.79. The number of esters is 2. The molecule has 0 saturated carbocycles. The van der Waals surface area contributed by atoms with Crippen LogP contribution in [0.2, 0.25) is 0 Å².